The average Bonchev–Trinajstić information content (AvgIpc) is 2.78. The number of ether oxygens (including phenoxy) is 3. The zero-order chi connectivity index (χ0) is 20.4. The normalized spacial score (nSPS) is 22.1. The van der Waals surface area contributed by atoms with Gasteiger partial charge in [0.05, 0.1) is 21.3 Å². The smallest absolute Gasteiger partial charge is 0.165 e. The number of halogens is 1. The third kappa shape index (κ3) is 3.86. The Morgan fingerprint density at radius 2 is 1.66 bits per heavy atom. The maximum absolute atomic E-state index is 13.8. The first-order valence-corrected chi connectivity index (χ1v) is 10.2. The molecule has 0 aromatic heterocycles. The lowest BCUT2D eigenvalue weighted by atomic mass is 9.89. The summed E-state index contributed by atoms with van der Waals surface area (Å²) in [4.78, 5) is 4.97. The van der Waals surface area contributed by atoms with Gasteiger partial charge in [-0.05, 0) is 49.1 Å². The molecule has 2 aromatic carbocycles. The minimum atomic E-state index is -0.318. The van der Waals surface area contributed by atoms with Gasteiger partial charge in [0.15, 0.2) is 23.1 Å². The van der Waals surface area contributed by atoms with Crippen molar-refractivity contribution in [2.45, 2.75) is 31.3 Å². The van der Waals surface area contributed by atoms with E-state index in [1.165, 1.54) is 31.6 Å². The van der Waals surface area contributed by atoms with E-state index in [9.17, 15) is 4.39 Å². The summed E-state index contributed by atoms with van der Waals surface area (Å²) < 4.78 is 29.9. The van der Waals surface area contributed by atoms with Gasteiger partial charge in [-0.25, -0.2) is 4.39 Å². The van der Waals surface area contributed by atoms with Crippen LogP contribution >= 0.6 is 0 Å². The summed E-state index contributed by atoms with van der Waals surface area (Å²) in [5.41, 5.74) is 2.31. The van der Waals surface area contributed by atoms with E-state index in [1.54, 1.807) is 20.3 Å². The summed E-state index contributed by atoms with van der Waals surface area (Å²) >= 11 is 0. The van der Waals surface area contributed by atoms with E-state index in [4.69, 9.17) is 14.2 Å². The molecule has 1 unspecified atom stereocenters. The molecular formula is C23H29FN2O3. The van der Waals surface area contributed by atoms with Crippen molar-refractivity contribution in [2.75, 3.05) is 45.9 Å². The van der Waals surface area contributed by atoms with E-state index in [0.717, 1.165) is 43.2 Å². The molecule has 2 heterocycles. The number of fused-ring (bicyclic) bond motifs is 1. The number of anilines is 1. The number of methoxy groups -OCH3 is 3. The van der Waals surface area contributed by atoms with E-state index in [2.05, 4.69) is 21.9 Å². The molecule has 5 nitrogen and oxygen atoms in total. The highest BCUT2D eigenvalue weighted by Gasteiger charge is 2.36. The maximum Gasteiger partial charge on any atom is 0.165 e. The molecule has 2 aromatic rings. The van der Waals surface area contributed by atoms with Crippen LogP contribution in [0.15, 0.2) is 36.4 Å². The van der Waals surface area contributed by atoms with Crippen molar-refractivity contribution in [1.29, 1.82) is 0 Å². The third-order valence-corrected chi connectivity index (χ3v) is 6.24. The highest BCUT2D eigenvalue weighted by molar-refractivity contribution is 5.52. The summed E-state index contributed by atoms with van der Waals surface area (Å²) in [5, 5.41) is 0. The second-order valence-corrected chi connectivity index (χ2v) is 7.72. The Balaban J connectivity index is 1.53. The molecule has 0 bridgehead atoms. The van der Waals surface area contributed by atoms with Crippen LogP contribution in [0.4, 0.5) is 10.1 Å². The van der Waals surface area contributed by atoms with E-state index >= 15 is 0 Å². The quantitative estimate of drug-likeness (QED) is 0.749. The molecule has 6 heteroatoms. The summed E-state index contributed by atoms with van der Waals surface area (Å²) in [6.07, 6.45) is 3.52. The number of piperidine rings is 1. The van der Waals surface area contributed by atoms with Crippen LogP contribution < -0.4 is 19.1 Å². The van der Waals surface area contributed by atoms with Crippen molar-refractivity contribution in [1.82, 2.24) is 4.90 Å². The number of hydrogen-bond acceptors (Lipinski definition) is 5. The van der Waals surface area contributed by atoms with Crippen molar-refractivity contribution in [3.05, 3.63) is 47.8 Å². The van der Waals surface area contributed by atoms with E-state index < -0.39 is 0 Å². The van der Waals surface area contributed by atoms with Crippen LogP contribution in [-0.2, 0) is 0 Å². The number of rotatable bonds is 5. The fourth-order valence-electron chi connectivity index (χ4n) is 4.75. The van der Waals surface area contributed by atoms with E-state index in [1.807, 2.05) is 12.1 Å². The van der Waals surface area contributed by atoms with Gasteiger partial charge in [-0.1, -0.05) is 6.07 Å². The van der Waals surface area contributed by atoms with Gasteiger partial charge in [-0.15, -0.1) is 0 Å². The minimum absolute atomic E-state index is 0.303. The second-order valence-electron chi connectivity index (χ2n) is 7.72. The third-order valence-electron chi connectivity index (χ3n) is 6.24. The molecule has 0 saturated carbocycles. The van der Waals surface area contributed by atoms with E-state index in [-0.39, 0.29) is 5.82 Å². The van der Waals surface area contributed by atoms with Crippen molar-refractivity contribution in [3.63, 3.8) is 0 Å². The first kappa shape index (κ1) is 19.8. The zero-order valence-electron chi connectivity index (χ0n) is 17.4. The Morgan fingerprint density at radius 3 is 2.41 bits per heavy atom. The summed E-state index contributed by atoms with van der Waals surface area (Å²) in [6.45, 7) is 2.83. The van der Waals surface area contributed by atoms with Crippen LogP contribution in [0.5, 0.6) is 17.2 Å². The Labute approximate surface area is 172 Å². The van der Waals surface area contributed by atoms with Crippen molar-refractivity contribution in [2.24, 2.45) is 0 Å². The van der Waals surface area contributed by atoms with Crippen molar-refractivity contribution >= 4 is 5.69 Å². The van der Waals surface area contributed by atoms with Crippen molar-refractivity contribution in [3.8, 4) is 17.2 Å². The summed E-state index contributed by atoms with van der Waals surface area (Å²) in [7, 11) is 4.86. The fraction of sp³-hybridized carbons (Fsp3) is 0.478. The number of hydrogen-bond donors (Lipinski definition) is 0. The van der Waals surface area contributed by atoms with Gasteiger partial charge in [0.25, 0.3) is 0 Å². The standard InChI is InChI=1S/C23H29FN2O3/c1-27-21-10-7-16(13-23(21)29-3)20-6-4-5-18-15-25(11-12-26(18)20)17-8-9-19(24)22(14-17)28-2/h7-10,13-14,18,20H,4-6,11-12,15H2,1-3H3/t18-,20?/m1/s1. The average molecular weight is 400 g/mol. The summed E-state index contributed by atoms with van der Waals surface area (Å²) in [6, 6.07) is 12.3. The first-order valence-electron chi connectivity index (χ1n) is 10.2. The fourth-order valence-corrected chi connectivity index (χ4v) is 4.75. The molecule has 2 atom stereocenters. The van der Waals surface area contributed by atoms with Crippen LogP contribution in [-0.4, -0.2) is 51.9 Å². The molecule has 4 rings (SSSR count). The predicted octanol–water partition coefficient (Wildman–Crippen LogP) is 4.27. The highest BCUT2D eigenvalue weighted by atomic mass is 19.1. The molecule has 29 heavy (non-hydrogen) atoms. The van der Waals surface area contributed by atoms with Gasteiger partial charge in [0, 0.05) is 43.5 Å². The van der Waals surface area contributed by atoms with Gasteiger partial charge in [-0.3, -0.25) is 4.90 Å². The lowest BCUT2D eigenvalue weighted by Gasteiger charge is -2.49. The molecule has 0 spiro atoms. The van der Waals surface area contributed by atoms with Crippen LogP contribution in [0.1, 0.15) is 30.9 Å². The Morgan fingerprint density at radius 1 is 0.862 bits per heavy atom. The second kappa shape index (κ2) is 8.49. The van der Waals surface area contributed by atoms with Gasteiger partial charge in [0.2, 0.25) is 0 Å². The van der Waals surface area contributed by atoms with E-state index in [0.29, 0.717) is 17.8 Å². The maximum atomic E-state index is 13.8. The Bertz CT molecular complexity index is 860. The number of benzene rings is 2. The topological polar surface area (TPSA) is 34.2 Å². The van der Waals surface area contributed by atoms with Crippen LogP contribution in [0, 0.1) is 5.82 Å². The molecule has 0 N–H and O–H groups in total. The number of piperazine rings is 1. The largest absolute Gasteiger partial charge is 0.494 e. The highest BCUT2D eigenvalue weighted by Crippen LogP contribution is 2.40. The molecular weight excluding hydrogens is 371 g/mol. The van der Waals surface area contributed by atoms with Crippen LogP contribution in [0.3, 0.4) is 0 Å². The lowest BCUT2D eigenvalue weighted by Crippen LogP contribution is -2.55. The van der Waals surface area contributed by atoms with Gasteiger partial charge < -0.3 is 19.1 Å². The van der Waals surface area contributed by atoms with Crippen LogP contribution in [0.2, 0.25) is 0 Å². The van der Waals surface area contributed by atoms with Crippen molar-refractivity contribution < 1.29 is 18.6 Å². The molecule has 0 aliphatic carbocycles. The molecule has 2 saturated heterocycles. The van der Waals surface area contributed by atoms with Gasteiger partial charge >= 0.3 is 0 Å². The van der Waals surface area contributed by atoms with Gasteiger partial charge in [0.1, 0.15) is 0 Å². The molecule has 0 amide bonds. The predicted molar refractivity (Wildman–Crippen MR) is 112 cm³/mol. The molecule has 2 aliphatic heterocycles. The Kier molecular flexibility index (Phi) is 5.81. The zero-order valence-corrected chi connectivity index (χ0v) is 17.4. The minimum Gasteiger partial charge on any atom is -0.494 e. The molecule has 2 fully saturated rings. The van der Waals surface area contributed by atoms with Crippen LogP contribution in [0.25, 0.3) is 0 Å². The SMILES string of the molecule is COc1cc(N2CCN3C(c4ccc(OC)c(OC)c4)CCC[C@@H]3C2)ccc1F. The lowest BCUT2D eigenvalue weighted by molar-refractivity contribution is 0.0715. The molecule has 2 aliphatic rings. The Hall–Kier alpha value is -2.47. The molecule has 0 radical (unpaired) electrons. The monoisotopic (exact) mass is 400 g/mol. The molecule has 156 valence electrons. The first-order chi connectivity index (χ1) is 14.1. The number of nitrogens with zero attached hydrogens (tertiary/aromatic N) is 2. The van der Waals surface area contributed by atoms with Gasteiger partial charge in [-0.2, -0.15) is 0 Å². The summed E-state index contributed by atoms with van der Waals surface area (Å²) in [5.74, 6) is 1.53.